The SMILES string of the molecule is CCOC(CCCC(C1CCCCC1)(C1CCCCC1)C1CCCCC1)OC1C=CC(C(CC(C)(C)C)C(C)(C)N)=CC1. The van der Waals surface area contributed by atoms with E-state index in [4.69, 9.17) is 15.2 Å². The Bertz CT molecular complexity index is 812. The van der Waals surface area contributed by atoms with Crippen molar-refractivity contribution < 1.29 is 9.47 Å². The molecule has 3 fully saturated rings. The highest BCUT2D eigenvalue weighted by Gasteiger charge is 2.50. The first-order chi connectivity index (χ1) is 20.5. The highest BCUT2D eigenvalue weighted by atomic mass is 16.7. The smallest absolute Gasteiger partial charge is 0.158 e. The Kier molecular flexibility index (Phi) is 13.3. The second-order valence-electron chi connectivity index (χ2n) is 17.0. The molecule has 0 saturated heterocycles. The Labute approximate surface area is 267 Å². The van der Waals surface area contributed by atoms with E-state index in [-0.39, 0.29) is 23.3 Å². The van der Waals surface area contributed by atoms with Gasteiger partial charge in [0.25, 0.3) is 0 Å². The molecule has 3 saturated carbocycles. The summed E-state index contributed by atoms with van der Waals surface area (Å²) in [7, 11) is 0. The Morgan fingerprint density at radius 2 is 1.30 bits per heavy atom. The molecule has 0 aromatic rings. The zero-order valence-corrected chi connectivity index (χ0v) is 29.4. The van der Waals surface area contributed by atoms with Crippen LogP contribution < -0.4 is 5.73 Å². The van der Waals surface area contributed by atoms with Crippen LogP contribution in [0.3, 0.4) is 0 Å². The van der Waals surface area contributed by atoms with Gasteiger partial charge < -0.3 is 15.2 Å². The lowest BCUT2D eigenvalue weighted by atomic mass is 9.50. The van der Waals surface area contributed by atoms with E-state index in [1.54, 1.807) is 0 Å². The molecule has 0 bridgehead atoms. The minimum Gasteiger partial charge on any atom is -0.353 e. The summed E-state index contributed by atoms with van der Waals surface area (Å²) in [5.41, 5.74) is 8.64. The number of rotatable bonds is 14. The molecule has 4 aliphatic carbocycles. The zero-order valence-electron chi connectivity index (χ0n) is 29.4. The van der Waals surface area contributed by atoms with Crippen molar-refractivity contribution in [1.29, 1.82) is 0 Å². The Balaban J connectivity index is 1.43. The first-order valence-corrected chi connectivity index (χ1v) is 19.0. The zero-order chi connectivity index (χ0) is 30.9. The second kappa shape index (κ2) is 16.3. The molecule has 3 heteroatoms. The third-order valence-electron chi connectivity index (χ3n) is 12.0. The quantitative estimate of drug-likeness (QED) is 0.203. The minimum atomic E-state index is -0.244. The number of nitrogens with two attached hydrogens (primary N) is 1. The van der Waals surface area contributed by atoms with E-state index in [9.17, 15) is 0 Å². The van der Waals surface area contributed by atoms with Crippen molar-refractivity contribution in [2.75, 3.05) is 6.61 Å². The van der Waals surface area contributed by atoms with Gasteiger partial charge in [-0.3, -0.25) is 0 Å². The van der Waals surface area contributed by atoms with Gasteiger partial charge in [-0.15, -0.1) is 0 Å². The van der Waals surface area contributed by atoms with E-state index in [1.807, 2.05) is 0 Å². The van der Waals surface area contributed by atoms with E-state index >= 15 is 0 Å². The molecule has 3 unspecified atom stereocenters. The molecule has 0 aliphatic heterocycles. The Hall–Kier alpha value is -0.640. The predicted molar refractivity (Wildman–Crippen MR) is 184 cm³/mol. The van der Waals surface area contributed by atoms with Crippen LogP contribution in [0.1, 0.15) is 170 Å². The van der Waals surface area contributed by atoms with Gasteiger partial charge in [-0.1, -0.05) is 96.8 Å². The van der Waals surface area contributed by atoms with E-state index < -0.39 is 0 Å². The van der Waals surface area contributed by atoms with Gasteiger partial charge >= 0.3 is 0 Å². The molecule has 3 atom stereocenters. The van der Waals surface area contributed by atoms with Crippen molar-refractivity contribution >= 4 is 0 Å². The van der Waals surface area contributed by atoms with Gasteiger partial charge in [-0.05, 0) is 126 Å². The number of hydrogen-bond donors (Lipinski definition) is 1. The molecule has 248 valence electrons. The molecule has 0 radical (unpaired) electrons. The third-order valence-corrected chi connectivity index (χ3v) is 12.0. The summed E-state index contributed by atoms with van der Waals surface area (Å²) in [6.07, 6.45) is 34.9. The van der Waals surface area contributed by atoms with E-state index in [0.717, 1.165) is 43.6 Å². The van der Waals surface area contributed by atoms with Gasteiger partial charge in [0.05, 0.1) is 6.10 Å². The van der Waals surface area contributed by atoms with Crippen molar-refractivity contribution in [1.82, 2.24) is 0 Å². The largest absolute Gasteiger partial charge is 0.353 e. The fourth-order valence-electron chi connectivity index (χ4n) is 10.1. The minimum absolute atomic E-state index is 0.0938. The summed E-state index contributed by atoms with van der Waals surface area (Å²) < 4.78 is 13.0. The molecule has 4 rings (SSSR count). The summed E-state index contributed by atoms with van der Waals surface area (Å²) in [5.74, 6) is 3.21. The summed E-state index contributed by atoms with van der Waals surface area (Å²) in [5, 5.41) is 0. The monoisotopic (exact) mass is 598 g/mol. The normalized spacial score (nSPS) is 25.5. The van der Waals surface area contributed by atoms with Gasteiger partial charge in [0, 0.05) is 18.1 Å². The number of hydrogen-bond acceptors (Lipinski definition) is 3. The maximum absolute atomic E-state index is 6.71. The summed E-state index contributed by atoms with van der Waals surface area (Å²) >= 11 is 0. The van der Waals surface area contributed by atoms with Gasteiger partial charge in [0.2, 0.25) is 0 Å². The van der Waals surface area contributed by atoms with Crippen LogP contribution in [0.5, 0.6) is 0 Å². The lowest BCUT2D eigenvalue weighted by Gasteiger charge is -2.55. The van der Waals surface area contributed by atoms with Crippen molar-refractivity contribution in [2.24, 2.45) is 40.2 Å². The molecule has 0 aromatic heterocycles. The first kappa shape index (κ1) is 35.2. The molecule has 0 aromatic carbocycles. The molecule has 2 N–H and O–H groups in total. The molecule has 0 heterocycles. The van der Waals surface area contributed by atoms with Crippen LogP contribution in [-0.2, 0) is 9.47 Å². The molecule has 3 nitrogen and oxygen atoms in total. The van der Waals surface area contributed by atoms with E-state index in [0.29, 0.717) is 11.3 Å². The van der Waals surface area contributed by atoms with Crippen molar-refractivity contribution in [2.45, 2.75) is 188 Å². The number of ether oxygens (including phenoxy) is 2. The predicted octanol–water partition coefficient (Wildman–Crippen LogP) is 11.3. The Morgan fingerprint density at radius 3 is 1.70 bits per heavy atom. The van der Waals surface area contributed by atoms with Gasteiger partial charge in [0.1, 0.15) is 0 Å². The van der Waals surface area contributed by atoms with Gasteiger partial charge in [-0.2, -0.15) is 0 Å². The van der Waals surface area contributed by atoms with Crippen LogP contribution in [0.2, 0.25) is 0 Å². The fourth-order valence-corrected chi connectivity index (χ4v) is 10.1. The van der Waals surface area contributed by atoms with Gasteiger partial charge in [0.15, 0.2) is 6.29 Å². The van der Waals surface area contributed by atoms with Crippen molar-refractivity contribution in [3.05, 3.63) is 23.8 Å². The summed E-state index contributed by atoms with van der Waals surface area (Å²) in [6.45, 7) is 14.2. The summed E-state index contributed by atoms with van der Waals surface area (Å²) in [6, 6.07) is 0. The maximum Gasteiger partial charge on any atom is 0.158 e. The molecular formula is C40H71NO2. The molecule has 4 aliphatic rings. The lowest BCUT2D eigenvalue weighted by Crippen LogP contribution is -2.47. The van der Waals surface area contributed by atoms with Crippen LogP contribution in [0.15, 0.2) is 23.8 Å². The summed E-state index contributed by atoms with van der Waals surface area (Å²) in [4.78, 5) is 0. The van der Waals surface area contributed by atoms with Crippen molar-refractivity contribution in [3.8, 4) is 0 Å². The van der Waals surface area contributed by atoms with E-state index in [1.165, 1.54) is 115 Å². The van der Waals surface area contributed by atoms with Gasteiger partial charge in [-0.25, -0.2) is 0 Å². The third kappa shape index (κ3) is 9.92. The lowest BCUT2D eigenvalue weighted by molar-refractivity contribution is -0.163. The Morgan fingerprint density at radius 1 is 0.791 bits per heavy atom. The molecular weight excluding hydrogens is 526 g/mol. The van der Waals surface area contributed by atoms with Crippen LogP contribution >= 0.6 is 0 Å². The molecule has 0 spiro atoms. The first-order valence-electron chi connectivity index (χ1n) is 19.0. The van der Waals surface area contributed by atoms with Crippen LogP contribution in [0.25, 0.3) is 0 Å². The topological polar surface area (TPSA) is 44.5 Å². The highest BCUT2D eigenvalue weighted by molar-refractivity contribution is 5.29. The highest BCUT2D eigenvalue weighted by Crippen LogP contribution is 2.59. The van der Waals surface area contributed by atoms with Crippen LogP contribution in [0, 0.1) is 34.5 Å². The number of allylic oxidation sites excluding steroid dienone is 1. The van der Waals surface area contributed by atoms with E-state index in [2.05, 4.69) is 59.8 Å². The fraction of sp³-hybridized carbons (Fsp3) is 0.900. The average molecular weight is 598 g/mol. The standard InChI is InChI=1S/C40H71NO2/c1-7-42-37(43-35-27-25-31(26-28-35)36(39(5,6)41)30-38(2,3)4)24-17-29-40(32-18-11-8-12-19-32,33-20-13-9-14-21-33)34-22-15-10-16-23-34/h25-27,32-37H,7-24,28-30,41H2,1-6H3. The molecule has 43 heavy (non-hydrogen) atoms. The second-order valence-corrected chi connectivity index (χ2v) is 17.0. The maximum atomic E-state index is 6.71. The van der Waals surface area contributed by atoms with Crippen LogP contribution in [-0.4, -0.2) is 24.5 Å². The average Bonchev–Trinajstić information content (AvgIpc) is 2.99. The van der Waals surface area contributed by atoms with Crippen LogP contribution in [0.4, 0.5) is 0 Å². The van der Waals surface area contributed by atoms with Crippen molar-refractivity contribution in [3.63, 3.8) is 0 Å². The molecule has 0 amide bonds.